The normalized spacial score (nSPS) is 12.4. The van der Waals surface area contributed by atoms with Crippen LogP contribution in [0, 0.1) is 0 Å². The van der Waals surface area contributed by atoms with Gasteiger partial charge in [-0.3, -0.25) is 5.10 Å². The number of ether oxygens (including phenoxy) is 1. The molecule has 0 amide bonds. The van der Waals surface area contributed by atoms with Gasteiger partial charge in [-0.05, 0) is 47.0 Å². The van der Waals surface area contributed by atoms with Gasteiger partial charge in [0.25, 0.3) is 0 Å². The zero-order valence-corrected chi connectivity index (χ0v) is 12.4. The zero-order chi connectivity index (χ0) is 13.7. The molecule has 0 radical (unpaired) electrons. The second-order valence-corrected chi connectivity index (χ2v) is 5.07. The number of nitrogens with one attached hydrogen (secondary N) is 1. The molecule has 0 aliphatic heterocycles. The van der Waals surface area contributed by atoms with Crippen molar-refractivity contribution in [3.8, 4) is 5.75 Å². The Hall–Kier alpha value is -1.11. The smallest absolute Gasteiger partial charge is 0.217 e. The first-order valence-corrected chi connectivity index (χ1v) is 6.97. The molecule has 1 aromatic heterocycles. The van der Waals surface area contributed by atoms with E-state index in [1.54, 1.807) is 12.1 Å². The van der Waals surface area contributed by atoms with Crippen LogP contribution in [0.3, 0.4) is 0 Å². The fourth-order valence-electron chi connectivity index (χ4n) is 1.63. The Balaban J connectivity index is 2.13. The number of rotatable bonds is 6. The van der Waals surface area contributed by atoms with Crippen LogP contribution < -0.4 is 4.74 Å². The molecule has 2 rings (SSSR count). The highest BCUT2D eigenvalue weighted by Gasteiger charge is 2.17. The summed E-state index contributed by atoms with van der Waals surface area (Å²) in [5.41, 5.74) is 0. The molecule has 2 N–H and O–H groups in total. The van der Waals surface area contributed by atoms with Crippen molar-refractivity contribution in [1.29, 1.82) is 0 Å². The second-order valence-electron chi connectivity index (χ2n) is 3.92. The highest BCUT2D eigenvalue weighted by molar-refractivity contribution is 9.10. The van der Waals surface area contributed by atoms with Gasteiger partial charge in [-0.25, -0.2) is 4.98 Å². The molecule has 0 spiro atoms. The Morgan fingerprint density at radius 3 is 2.95 bits per heavy atom. The average molecular weight is 347 g/mol. The molecule has 0 saturated heterocycles. The number of H-pyrrole nitrogens is 1. The molecule has 2 aromatic rings. The van der Waals surface area contributed by atoms with Crippen molar-refractivity contribution in [3.63, 3.8) is 0 Å². The summed E-state index contributed by atoms with van der Waals surface area (Å²) in [7, 11) is 0. The van der Waals surface area contributed by atoms with E-state index in [-0.39, 0.29) is 12.7 Å². The summed E-state index contributed by atoms with van der Waals surface area (Å²) in [5, 5.41) is 16.3. The van der Waals surface area contributed by atoms with Crippen molar-refractivity contribution in [1.82, 2.24) is 15.2 Å². The lowest BCUT2D eigenvalue weighted by atomic mass is 10.2. The highest BCUT2D eigenvalue weighted by atomic mass is 79.9. The third-order valence-corrected chi connectivity index (χ3v) is 3.07. The molecule has 0 saturated carbocycles. The van der Waals surface area contributed by atoms with Gasteiger partial charge in [0.05, 0.1) is 0 Å². The number of hydrogen-bond donors (Lipinski definition) is 2. The van der Waals surface area contributed by atoms with E-state index in [0.717, 1.165) is 0 Å². The van der Waals surface area contributed by atoms with E-state index in [9.17, 15) is 0 Å². The second kappa shape index (κ2) is 6.88. The van der Waals surface area contributed by atoms with Gasteiger partial charge >= 0.3 is 0 Å². The first-order chi connectivity index (χ1) is 9.19. The van der Waals surface area contributed by atoms with E-state index < -0.39 is 0 Å². The largest absolute Gasteiger partial charge is 0.482 e. The first kappa shape index (κ1) is 14.3. The third-order valence-electron chi connectivity index (χ3n) is 2.48. The van der Waals surface area contributed by atoms with E-state index in [1.807, 2.05) is 12.1 Å². The molecule has 7 heteroatoms. The monoisotopic (exact) mass is 345 g/mol. The lowest BCUT2D eigenvalue weighted by Crippen LogP contribution is -2.10. The number of benzene rings is 1. The third kappa shape index (κ3) is 4.19. The minimum Gasteiger partial charge on any atom is -0.482 e. The molecule has 0 fully saturated rings. The molecule has 0 bridgehead atoms. The molecular weight excluding hydrogens is 334 g/mol. The van der Waals surface area contributed by atoms with Gasteiger partial charge in [0, 0.05) is 11.6 Å². The maximum Gasteiger partial charge on any atom is 0.217 e. The van der Waals surface area contributed by atoms with Crippen LogP contribution in [0.5, 0.6) is 5.75 Å². The summed E-state index contributed by atoms with van der Waals surface area (Å²) in [6.45, 7) is 0.102. The van der Waals surface area contributed by atoms with Crippen LogP contribution in [0.4, 0.5) is 0 Å². The van der Waals surface area contributed by atoms with E-state index in [2.05, 4.69) is 31.1 Å². The standard InChI is InChI=1S/C12H13BrClN3O2/c13-12-15-11(16-17-12)10(5-2-6-18)19-9-4-1-3-8(14)7-9/h1,3-4,7,10,18H,2,5-6H2,(H,15,16,17). The van der Waals surface area contributed by atoms with Crippen molar-refractivity contribution >= 4 is 27.5 Å². The predicted octanol–water partition coefficient (Wildman–Crippen LogP) is 3.11. The van der Waals surface area contributed by atoms with E-state index in [1.165, 1.54) is 0 Å². The van der Waals surface area contributed by atoms with Crippen molar-refractivity contribution in [2.24, 2.45) is 0 Å². The van der Waals surface area contributed by atoms with Gasteiger partial charge in [0.1, 0.15) is 5.75 Å². The molecule has 1 unspecified atom stereocenters. The number of hydrogen-bond acceptors (Lipinski definition) is 4. The maximum atomic E-state index is 8.95. The predicted molar refractivity (Wildman–Crippen MR) is 75.2 cm³/mol. The molecule has 0 aliphatic rings. The molecule has 1 atom stereocenters. The van der Waals surface area contributed by atoms with Gasteiger partial charge in [0.15, 0.2) is 11.9 Å². The van der Waals surface area contributed by atoms with Gasteiger partial charge in [-0.2, -0.15) is 0 Å². The molecule has 19 heavy (non-hydrogen) atoms. The van der Waals surface area contributed by atoms with Crippen LogP contribution in [0.1, 0.15) is 24.8 Å². The Morgan fingerprint density at radius 2 is 2.32 bits per heavy atom. The number of aromatic nitrogens is 3. The molecule has 102 valence electrons. The van der Waals surface area contributed by atoms with E-state index in [4.69, 9.17) is 21.4 Å². The van der Waals surface area contributed by atoms with Gasteiger partial charge < -0.3 is 9.84 Å². The average Bonchev–Trinajstić information content (AvgIpc) is 2.81. The maximum absolute atomic E-state index is 8.95. The summed E-state index contributed by atoms with van der Waals surface area (Å²) in [6, 6.07) is 7.15. The lowest BCUT2D eigenvalue weighted by Gasteiger charge is -2.16. The highest BCUT2D eigenvalue weighted by Crippen LogP contribution is 2.26. The number of nitrogens with zero attached hydrogens (tertiary/aromatic N) is 2. The molecule has 1 aromatic carbocycles. The summed E-state index contributed by atoms with van der Waals surface area (Å²) in [6.07, 6.45) is 0.943. The number of aliphatic hydroxyl groups is 1. The van der Waals surface area contributed by atoms with Gasteiger partial charge in [-0.15, -0.1) is 5.10 Å². The lowest BCUT2D eigenvalue weighted by molar-refractivity contribution is 0.167. The summed E-state index contributed by atoms with van der Waals surface area (Å²) < 4.78 is 6.32. The number of halogens is 2. The first-order valence-electron chi connectivity index (χ1n) is 5.80. The van der Waals surface area contributed by atoms with Crippen molar-refractivity contribution in [2.45, 2.75) is 18.9 Å². The van der Waals surface area contributed by atoms with Crippen LogP contribution >= 0.6 is 27.5 Å². The molecule has 0 aliphatic carbocycles. The van der Waals surface area contributed by atoms with Gasteiger partial charge in [-0.1, -0.05) is 17.7 Å². The number of aliphatic hydroxyl groups excluding tert-OH is 1. The molecular formula is C12H13BrClN3O2. The van der Waals surface area contributed by atoms with Crippen LogP contribution in [-0.2, 0) is 0 Å². The minimum absolute atomic E-state index is 0.102. The van der Waals surface area contributed by atoms with E-state index >= 15 is 0 Å². The van der Waals surface area contributed by atoms with Crippen LogP contribution in [-0.4, -0.2) is 26.9 Å². The SMILES string of the molecule is OCCCC(Oc1cccc(Cl)c1)c1nc(Br)n[nH]1. The Kier molecular flexibility index (Phi) is 5.18. The van der Waals surface area contributed by atoms with Gasteiger partial charge in [0.2, 0.25) is 4.73 Å². The fourth-order valence-corrected chi connectivity index (χ4v) is 2.09. The molecule has 5 nitrogen and oxygen atoms in total. The van der Waals surface area contributed by atoms with Crippen LogP contribution in [0.2, 0.25) is 5.02 Å². The van der Waals surface area contributed by atoms with E-state index in [0.29, 0.717) is 34.2 Å². The quantitative estimate of drug-likeness (QED) is 0.843. The Bertz CT molecular complexity index is 535. The van der Waals surface area contributed by atoms with Crippen LogP contribution in [0.15, 0.2) is 29.0 Å². The Morgan fingerprint density at radius 1 is 1.47 bits per heavy atom. The molecule has 1 heterocycles. The minimum atomic E-state index is -0.301. The summed E-state index contributed by atoms with van der Waals surface area (Å²) in [4.78, 5) is 4.19. The van der Waals surface area contributed by atoms with Crippen molar-refractivity contribution < 1.29 is 9.84 Å². The number of aromatic amines is 1. The van der Waals surface area contributed by atoms with Crippen molar-refractivity contribution in [3.05, 3.63) is 39.8 Å². The summed E-state index contributed by atoms with van der Waals surface area (Å²) in [5.74, 6) is 1.27. The zero-order valence-electron chi connectivity index (χ0n) is 10.0. The summed E-state index contributed by atoms with van der Waals surface area (Å²) >= 11 is 9.11. The topological polar surface area (TPSA) is 71.0 Å². The fraction of sp³-hybridized carbons (Fsp3) is 0.333. The van der Waals surface area contributed by atoms with Crippen LogP contribution in [0.25, 0.3) is 0 Å². The Labute approximate surface area is 124 Å². The van der Waals surface area contributed by atoms with Crippen molar-refractivity contribution in [2.75, 3.05) is 6.61 Å².